The molecule has 1 aliphatic rings. The Morgan fingerprint density at radius 1 is 1.17 bits per heavy atom. The van der Waals surface area contributed by atoms with Gasteiger partial charge in [0.25, 0.3) is 0 Å². The summed E-state index contributed by atoms with van der Waals surface area (Å²) in [7, 11) is 2.01. The SMILES string of the molecule is CCC(NC)c1ccc(OC2CCCCC2)cc1. The van der Waals surface area contributed by atoms with E-state index < -0.39 is 0 Å². The molecule has 18 heavy (non-hydrogen) atoms. The maximum atomic E-state index is 6.04. The average Bonchev–Trinajstić information content (AvgIpc) is 2.43. The quantitative estimate of drug-likeness (QED) is 0.847. The zero-order chi connectivity index (χ0) is 12.8. The van der Waals surface area contributed by atoms with Crippen molar-refractivity contribution in [2.45, 2.75) is 57.6 Å². The van der Waals surface area contributed by atoms with Crippen LogP contribution in [0.4, 0.5) is 0 Å². The first kappa shape index (κ1) is 13.4. The first-order valence-corrected chi connectivity index (χ1v) is 7.27. The summed E-state index contributed by atoms with van der Waals surface area (Å²) in [5, 5.41) is 3.33. The molecule has 0 aromatic heterocycles. The molecule has 0 aliphatic heterocycles. The molecule has 100 valence electrons. The van der Waals surface area contributed by atoms with Gasteiger partial charge in [0.05, 0.1) is 6.10 Å². The summed E-state index contributed by atoms with van der Waals surface area (Å²) in [6, 6.07) is 9.05. The Morgan fingerprint density at radius 2 is 1.83 bits per heavy atom. The largest absolute Gasteiger partial charge is 0.490 e. The summed E-state index contributed by atoms with van der Waals surface area (Å²) >= 11 is 0. The number of rotatable bonds is 5. The fraction of sp³-hybridized carbons (Fsp3) is 0.625. The summed E-state index contributed by atoms with van der Waals surface area (Å²) in [4.78, 5) is 0. The maximum absolute atomic E-state index is 6.04. The molecule has 0 spiro atoms. The van der Waals surface area contributed by atoms with Crippen molar-refractivity contribution >= 4 is 0 Å². The van der Waals surface area contributed by atoms with Gasteiger partial charge in [-0.3, -0.25) is 0 Å². The Labute approximate surface area is 111 Å². The summed E-state index contributed by atoms with van der Waals surface area (Å²) in [5.41, 5.74) is 1.34. The molecule has 0 amide bonds. The van der Waals surface area contributed by atoms with Crippen molar-refractivity contribution in [3.05, 3.63) is 29.8 Å². The lowest BCUT2D eigenvalue weighted by atomic mass is 9.98. The van der Waals surface area contributed by atoms with Gasteiger partial charge in [-0.15, -0.1) is 0 Å². The van der Waals surface area contributed by atoms with E-state index in [2.05, 4.69) is 36.5 Å². The molecular formula is C16H25NO. The lowest BCUT2D eigenvalue weighted by Gasteiger charge is -2.23. The Kier molecular flexibility index (Phi) is 5.06. The van der Waals surface area contributed by atoms with Crippen LogP contribution in [0.25, 0.3) is 0 Å². The summed E-state index contributed by atoms with van der Waals surface area (Å²) in [6.07, 6.45) is 8.00. The van der Waals surface area contributed by atoms with E-state index in [4.69, 9.17) is 4.74 Å². The number of benzene rings is 1. The maximum Gasteiger partial charge on any atom is 0.119 e. The van der Waals surface area contributed by atoms with Crippen molar-refractivity contribution in [3.8, 4) is 5.75 Å². The Balaban J connectivity index is 1.94. The second-order valence-electron chi connectivity index (χ2n) is 5.20. The van der Waals surface area contributed by atoms with Crippen molar-refractivity contribution in [2.75, 3.05) is 7.05 Å². The second-order valence-corrected chi connectivity index (χ2v) is 5.20. The first-order chi connectivity index (χ1) is 8.83. The van der Waals surface area contributed by atoms with Gasteiger partial charge in [0, 0.05) is 6.04 Å². The fourth-order valence-corrected chi connectivity index (χ4v) is 2.76. The zero-order valence-electron chi connectivity index (χ0n) is 11.6. The van der Waals surface area contributed by atoms with Crippen LogP contribution >= 0.6 is 0 Å². The molecule has 0 heterocycles. The summed E-state index contributed by atoms with van der Waals surface area (Å²) in [5.74, 6) is 1.02. The van der Waals surface area contributed by atoms with E-state index in [9.17, 15) is 0 Å². The van der Waals surface area contributed by atoms with E-state index in [0.717, 1.165) is 12.2 Å². The van der Waals surface area contributed by atoms with Crippen LogP contribution in [0.5, 0.6) is 5.75 Å². The van der Waals surface area contributed by atoms with Crippen LogP contribution in [0.15, 0.2) is 24.3 Å². The van der Waals surface area contributed by atoms with Crippen molar-refractivity contribution in [2.24, 2.45) is 0 Å². The van der Waals surface area contributed by atoms with Gasteiger partial charge >= 0.3 is 0 Å². The van der Waals surface area contributed by atoms with Crippen molar-refractivity contribution in [1.82, 2.24) is 5.32 Å². The molecule has 1 fully saturated rings. The van der Waals surface area contributed by atoms with Crippen LogP contribution in [0, 0.1) is 0 Å². The Morgan fingerprint density at radius 3 is 2.39 bits per heavy atom. The minimum absolute atomic E-state index is 0.441. The number of hydrogen-bond acceptors (Lipinski definition) is 2. The Hall–Kier alpha value is -1.02. The van der Waals surface area contributed by atoms with Gasteiger partial charge in [0.15, 0.2) is 0 Å². The first-order valence-electron chi connectivity index (χ1n) is 7.27. The number of ether oxygens (including phenoxy) is 1. The number of hydrogen-bond donors (Lipinski definition) is 1. The molecule has 0 saturated heterocycles. The van der Waals surface area contributed by atoms with Crippen molar-refractivity contribution in [1.29, 1.82) is 0 Å². The highest BCUT2D eigenvalue weighted by atomic mass is 16.5. The van der Waals surface area contributed by atoms with Crippen LogP contribution in [0.2, 0.25) is 0 Å². The van der Waals surface area contributed by atoms with Crippen LogP contribution < -0.4 is 10.1 Å². The topological polar surface area (TPSA) is 21.3 Å². The molecule has 2 heteroatoms. The highest BCUT2D eigenvalue weighted by molar-refractivity contribution is 5.29. The molecule has 1 aromatic carbocycles. The van der Waals surface area contributed by atoms with Gasteiger partial charge in [-0.05, 0) is 56.8 Å². The van der Waals surface area contributed by atoms with E-state index in [1.165, 1.54) is 37.7 Å². The van der Waals surface area contributed by atoms with E-state index in [1.54, 1.807) is 0 Å². The number of nitrogens with one attached hydrogen (secondary N) is 1. The minimum atomic E-state index is 0.441. The molecule has 0 bridgehead atoms. The third-order valence-electron chi connectivity index (χ3n) is 3.89. The Bertz CT molecular complexity index is 337. The monoisotopic (exact) mass is 247 g/mol. The lowest BCUT2D eigenvalue weighted by molar-refractivity contribution is 0.155. The summed E-state index contributed by atoms with van der Waals surface area (Å²) < 4.78 is 6.04. The molecule has 1 aromatic rings. The average molecular weight is 247 g/mol. The minimum Gasteiger partial charge on any atom is -0.490 e. The van der Waals surface area contributed by atoms with Crippen LogP contribution in [-0.2, 0) is 0 Å². The molecule has 1 unspecified atom stereocenters. The van der Waals surface area contributed by atoms with Crippen LogP contribution in [0.3, 0.4) is 0 Å². The van der Waals surface area contributed by atoms with Gasteiger partial charge < -0.3 is 10.1 Å². The second kappa shape index (κ2) is 6.79. The van der Waals surface area contributed by atoms with Crippen LogP contribution in [0.1, 0.15) is 57.1 Å². The highest BCUT2D eigenvalue weighted by Crippen LogP contribution is 2.25. The van der Waals surface area contributed by atoms with Gasteiger partial charge in [0.1, 0.15) is 5.75 Å². The van der Waals surface area contributed by atoms with Crippen molar-refractivity contribution < 1.29 is 4.74 Å². The molecule has 1 aliphatic carbocycles. The van der Waals surface area contributed by atoms with Gasteiger partial charge in [0.2, 0.25) is 0 Å². The predicted molar refractivity (Wildman–Crippen MR) is 76.0 cm³/mol. The van der Waals surface area contributed by atoms with E-state index in [1.807, 2.05) is 7.05 Å². The van der Waals surface area contributed by atoms with E-state index in [0.29, 0.717) is 12.1 Å². The molecule has 0 radical (unpaired) electrons. The molecule has 2 nitrogen and oxygen atoms in total. The molecule has 1 saturated carbocycles. The summed E-state index contributed by atoms with van der Waals surface area (Å²) in [6.45, 7) is 2.20. The molecule has 1 atom stereocenters. The fourth-order valence-electron chi connectivity index (χ4n) is 2.76. The van der Waals surface area contributed by atoms with Gasteiger partial charge in [-0.2, -0.15) is 0 Å². The lowest BCUT2D eigenvalue weighted by Crippen LogP contribution is -2.19. The normalized spacial score (nSPS) is 18.6. The zero-order valence-corrected chi connectivity index (χ0v) is 11.6. The van der Waals surface area contributed by atoms with Crippen LogP contribution in [-0.4, -0.2) is 13.2 Å². The molecule has 1 N–H and O–H groups in total. The smallest absolute Gasteiger partial charge is 0.119 e. The van der Waals surface area contributed by atoms with Gasteiger partial charge in [-0.25, -0.2) is 0 Å². The van der Waals surface area contributed by atoms with E-state index in [-0.39, 0.29) is 0 Å². The van der Waals surface area contributed by atoms with Gasteiger partial charge in [-0.1, -0.05) is 25.5 Å². The highest BCUT2D eigenvalue weighted by Gasteiger charge is 2.15. The van der Waals surface area contributed by atoms with E-state index >= 15 is 0 Å². The predicted octanol–water partition coefficient (Wildman–Crippen LogP) is 4.07. The molecule has 2 rings (SSSR count). The standard InChI is InChI=1S/C16H25NO/c1-3-16(17-2)13-9-11-15(12-10-13)18-14-7-5-4-6-8-14/h9-12,14,16-17H,3-8H2,1-2H3. The van der Waals surface area contributed by atoms with Crippen molar-refractivity contribution in [3.63, 3.8) is 0 Å². The third kappa shape index (κ3) is 3.49. The third-order valence-corrected chi connectivity index (χ3v) is 3.89. The molecular weight excluding hydrogens is 222 g/mol.